The molecule has 0 aliphatic heterocycles. The van der Waals surface area contributed by atoms with Crippen molar-refractivity contribution in [2.75, 3.05) is 0 Å². The molecule has 1 aromatic heterocycles. The molecular formula is C11H5BrCl2FNO. The number of ether oxygens (including phenoxy) is 1. The van der Waals surface area contributed by atoms with Gasteiger partial charge in [-0.1, -0.05) is 23.2 Å². The van der Waals surface area contributed by atoms with Gasteiger partial charge in [0.05, 0.1) is 5.02 Å². The smallest absolute Gasteiger partial charge is 0.238 e. The van der Waals surface area contributed by atoms with Crippen molar-refractivity contribution in [3.05, 3.63) is 50.8 Å². The predicted molar refractivity (Wildman–Crippen MR) is 68.4 cm³/mol. The third kappa shape index (κ3) is 3.09. The zero-order valence-electron chi connectivity index (χ0n) is 8.25. The molecule has 0 amide bonds. The maximum Gasteiger partial charge on any atom is 0.238 e. The van der Waals surface area contributed by atoms with Crippen LogP contribution in [0.3, 0.4) is 0 Å². The summed E-state index contributed by atoms with van der Waals surface area (Å²) >= 11 is 14.8. The molecule has 0 unspecified atom stereocenters. The van der Waals surface area contributed by atoms with Gasteiger partial charge in [0.1, 0.15) is 16.6 Å². The van der Waals surface area contributed by atoms with E-state index in [-0.39, 0.29) is 10.9 Å². The second-order valence-electron chi connectivity index (χ2n) is 3.12. The van der Waals surface area contributed by atoms with Gasteiger partial charge >= 0.3 is 0 Å². The molecule has 0 bridgehead atoms. The molecule has 0 aliphatic rings. The number of aromatic nitrogens is 1. The van der Waals surface area contributed by atoms with Crippen molar-refractivity contribution < 1.29 is 9.13 Å². The number of rotatable bonds is 2. The van der Waals surface area contributed by atoms with Crippen molar-refractivity contribution in [3.63, 3.8) is 0 Å². The standard InChI is InChI=1S/C11H5BrCl2FNO/c12-6-3-9(14)11(16-5-6)17-7-1-2-10(15)8(13)4-7/h1-5H. The Morgan fingerprint density at radius 3 is 2.59 bits per heavy atom. The minimum absolute atomic E-state index is 0.0178. The van der Waals surface area contributed by atoms with Gasteiger partial charge in [-0.2, -0.15) is 0 Å². The van der Waals surface area contributed by atoms with Crippen LogP contribution in [0.5, 0.6) is 11.6 Å². The molecule has 0 fully saturated rings. The van der Waals surface area contributed by atoms with Crippen LogP contribution in [-0.4, -0.2) is 4.98 Å². The van der Waals surface area contributed by atoms with Gasteiger partial charge in [-0.15, -0.1) is 0 Å². The van der Waals surface area contributed by atoms with E-state index in [0.717, 1.165) is 4.47 Å². The quantitative estimate of drug-likeness (QED) is 0.762. The van der Waals surface area contributed by atoms with Crippen LogP contribution in [0.25, 0.3) is 0 Å². The molecule has 0 N–H and O–H groups in total. The molecular weight excluding hydrogens is 332 g/mol. The topological polar surface area (TPSA) is 22.1 Å². The number of benzene rings is 1. The van der Waals surface area contributed by atoms with E-state index in [1.807, 2.05) is 0 Å². The molecule has 0 saturated heterocycles. The van der Waals surface area contributed by atoms with Crippen LogP contribution in [-0.2, 0) is 0 Å². The predicted octanol–water partition coefficient (Wildman–Crippen LogP) is 5.08. The van der Waals surface area contributed by atoms with Crippen LogP contribution < -0.4 is 4.74 Å². The van der Waals surface area contributed by atoms with E-state index in [2.05, 4.69) is 20.9 Å². The zero-order valence-corrected chi connectivity index (χ0v) is 11.4. The molecule has 88 valence electrons. The van der Waals surface area contributed by atoms with Crippen LogP contribution in [0.2, 0.25) is 10.0 Å². The summed E-state index contributed by atoms with van der Waals surface area (Å²) in [6, 6.07) is 5.66. The first-order valence-electron chi connectivity index (χ1n) is 4.50. The summed E-state index contributed by atoms with van der Waals surface area (Å²) in [5, 5.41) is 0.329. The second-order valence-corrected chi connectivity index (χ2v) is 4.85. The lowest BCUT2D eigenvalue weighted by atomic mass is 10.3. The van der Waals surface area contributed by atoms with E-state index in [1.165, 1.54) is 18.2 Å². The highest BCUT2D eigenvalue weighted by atomic mass is 79.9. The molecule has 0 saturated carbocycles. The Balaban J connectivity index is 2.28. The van der Waals surface area contributed by atoms with E-state index in [1.54, 1.807) is 12.3 Å². The van der Waals surface area contributed by atoms with Crippen molar-refractivity contribution in [2.45, 2.75) is 0 Å². The first kappa shape index (κ1) is 12.6. The minimum Gasteiger partial charge on any atom is -0.437 e. The Hall–Kier alpha value is -0.840. The van der Waals surface area contributed by atoms with Gasteiger partial charge in [-0.3, -0.25) is 0 Å². The molecule has 2 rings (SSSR count). The maximum absolute atomic E-state index is 12.9. The van der Waals surface area contributed by atoms with Gasteiger partial charge in [0.2, 0.25) is 5.88 Å². The first-order valence-corrected chi connectivity index (χ1v) is 6.05. The zero-order chi connectivity index (χ0) is 12.4. The average molecular weight is 337 g/mol. The van der Waals surface area contributed by atoms with E-state index >= 15 is 0 Å². The Morgan fingerprint density at radius 1 is 1.18 bits per heavy atom. The van der Waals surface area contributed by atoms with Gasteiger partial charge in [0.25, 0.3) is 0 Å². The summed E-state index contributed by atoms with van der Waals surface area (Å²) < 4.78 is 19.1. The SMILES string of the molecule is Fc1ccc(Oc2ncc(Br)cc2Cl)cc1Cl. The van der Waals surface area contributed by atoms with E-state index in [4.69, 9.17) is 27.9 Å². The summed E-state index contributed by atoms with van der Waals surface area (Å²) in [6.07, 6.45) is 1.55. The van der Waals surface area contributed by atoms with Crippen molar-refractivity contribution in [2.24, 2.45) is 0 Å². The van der Waals surface area contributed by atoms with Crippen LogP contribution >= 0.6 is 39.1 Å². The molecule has 2 aromatic rings. The molecule has 17 heavy (non-hydrogen) atoms. The Labute approximate surface area is 115 Å². The Morgan fingerprint density at radius 2 is 1.94 bits per heavy atom. The number of pyridine rings is 1. The Kier molecular flexibility index (Phi) is 3.86. The lowest BCUT2D eigenvalue weighted by molar-refractivity contribution is 0.461. The Bertz CT molecular complexity index is 565. The third-order valence-electron chi connectivity index (χ3n) is 1.88. The fourth-order valence-corrected chi connectivity index (χ4v) is 1.97. The lowest BCUT2D eigenvalue weighted by Crippen LogP contribution is -1.89. The molecule has 2 nitrogen and oxygen atoms in total. The largest absolute Gasteiger partial charge is 0.437 e. The lowest BCUT2D eigenvalue weighted by Gasteiger charge is -2.06. The van der Waals surface area contributed by atoms with Gasteiger partial charge in [0.15, 0.2) is 0 Å². The highest BCUT2D eigenvalue weighted by molar-refractivity contribution is 9.10. The van der Waals surface area contributed by atoms with Gasteiger partial charge < -0.3 is 4.74 Å². The summed E-state index contributed by atoms with van der Waals surface area (Å²) in [4.78, 5) is 3.99. The molecule has 0 radical (unpaired) electrons. The van der Waals surface area contributed by atoms with Gasteiger partial charge in [0, 0.05) is 16.7 Å². The van der Waals surface area contributed by atoms with Crippen molar-refractivity contribution >= 4 is 39.1 Å². The number of hydrogen-bond acceptors (Lipinski definition) is 2. The molecule has 0 aliphatic carbocycles. The molecule has 0 atom stereocenters. The normalized spacial score (nSPS) is 10.4. The average Bonchev–Trinajstić information content (AvgIpc) is 2.27. The summed E-state index contributed by atoms with van der Waals surface area (Å²) in [6.45, 7) is 0. The van der Waals surface area contributed by atoms with Gasteiger partial charge in [-0.25, -0.2) is 9.37 Å². The number of nitrogens with zero attached hydrogens (tertiary/aromatic N) is 1. The minimum atomic E-state index is -0.506. The van der Waals surface area contributed by atoms with Crippen molar-refractivity contribution in [1.29, 1.82) is 0 Å². The summed E-state index contributed by atoms with van der Waals surface area (Å²) in [7, 11) is 0. The van der Waals surface area contributed by atoms with E-state index < -0.39 is 5.82 Å². The highest BCUT2D eigenvalue weighted by Crippen LogP contribution is 2.30. The molecule has 0 spiro atoms. The fourth-order valence-electron chi connectivity index (χ4n) is 1.13. The summed E-state index contributed by atoms with van der Waals surface area (Å²) in [5.74, 6) is 0.0968. The molecule has 1 aromatic carbocycles. The molecule has 1 heterocycles. The van der Waals surface area contributed by atoms with Gasteiger partial charge in [-0.05, 0) is 34.1 Å². The third-order valence-corrected chi connectivity index (χ3v) is 2.87. The second kappa shape index (κ2) is 5.21. The van der Waals surface area contributed by atoms with Crippen molar-refractivity contribution in [3.8, 4) is 11.6 Å². The van der Waals surface area contributed by atoms with Crippen molar-refractivity contribution in [1.82, 2.24) is 4.98 Å². The first-order chi connectivity index (χ1) is 8.06. The number of hydrogen-bond donors (Lipinski definition) is 0. The number of halogens is 4. The van der Waals surface area contributed by atoms with Crippen LogP contribution in [0.4, 0.5) is 4.39 Å². The van der Waals surface area contributed by atoms with Crippen LogP contribution in [0.1, 0.15) is 0 Å². The summed E-state index contributed by atoms with van der Waals surface area (Å²) in [5.41, 5.74) is 0. The maximum atomic E-state index is 12.9. The van der Waals surface area contributed by atoms with Crippen LogP contribution in [0, 0.1) is 5.82 Å². The fraction of sp³-hybridized carbons (Fsp3) is 0. The van der Waals surface area contributed by atoms with E-state index in [9.17, 15) is 4.39 Å². The monoisotopic (exact) mass is 335 g/mol. The van der Waals surface area contributed by atoms with Crippen LogP contribution in [0.15, 0.2) is 34.9 Å². The molecule has 6 heteroatoms. The van der Waals surface area contributed by atoms with E-state index in [0.29, 0.717) is 10.8 Å². The highest BCUT2D eigenvalue weighted by Gasteiger charge is 2.07.